The number of halogens is 1. The van der Waals surface area contributed by atoms with Gasteiger partial charge in [-0.15, -0.1) is 0 Å². The molecule has 0 N–H and O–H groups in total. The molecule has 0 aliphatic carbocycles. The van der Waals surface area contributed by atoms with Crippen LogP contribution in [0.5, 0.6) is 0 Å². The number of hydrogen-bond acceptors (Lipinski definition) is 3. The van der Waals surface area contributed by atoms with E-state index in [1.165, 1.54) is 24.3 Å². The fourth-order valence-corrected chi connectivity index (χ4v) is 1.40. The monoisotopic (exact) mass is 215 g/mol. The Morgan fingerprint density at radius 2 is 2.12 bits per heavy atom. The van der Waals surface area contributed by atoms with Crippen LogP contribution in [0, 0.1) is 17.1 Å². The van der Waals surface area contributed by atoms with Crippen molar-refractivity contribution in [2.45, 2.75) is 0 Å². The number of nitrogens with zero attached hydrogens (tertiary/aromatic N) is 1. The lowest BCUT2D eigenvalue weighted by Crippen LogP contribution is -1.87. The summed E-state index contributed by atoms with van der Waals surface area (Å²) in [5.74, 6) is -0.162. The van der Waals surface area contributed by atoms with Gasteiger partial charge in [-0.25, -0.2) is 4.39 Å². The number of carbonyl (C=O) groups is 1. The van der Waals surface area contributed by atoms with E-state index in [1.807, 2.05) is 0 Å². The summed E-state index contributed by atoms with van der Waals surface area (Å²) in [6.45, 7) is 0. The second kappa shape index (κ2) is 3.99. The Balaban J connectivity index is 2.60. The van der Waals surface area contributed by atoms with Crippen molar-refractivity contribution in [1.82, 2.24) is 0 Å². The molecule has 0 radical (unpaired) electrons. The standard InChI is InChI=1S/C12H6FNO2/c13-11-3-1-2-9(10(11)6-14)12-5-4-8(7-15)16-12/h1-5,7H. The van der Waals surface area contributed by atoms with Crippen molar-refractivity contribution in [2.24, 2.45) is 0 Å². The topological polar surface area (TPSA) is 54.0 Å². The van der Waals surface area contributed by atoms with Crippen molar-refractivity contribution >= 4 is 6.29 Å². The number of carbonyl (C=O) groups excluding carboxylic acids is 1. The van der Waals surface area contributed by atoms with Crippen LogP contribution in [0.4, 0.5) is 4.39 Å². The third-order valence-corrected chi connectivity index (χ3v) is 2.13. The number of benzene rings is 1. The maximum Gasteiger partial charge on any atom is 0.185 e. The number of hydrogen-bond donors (Lipinski definition) is 0. The molecule has 1 heterocycles. The molecule has 0 amide bonds. The molecule has 0 aliphatic heterocycles. The minimum absolute atomic E-state index is 0.0886. The summed E-state index contributed by atoms with van der Waals surface area (Å²) in [6, 6.07) is 9.01. The quantitative estimate of drug-likeness (QED) is 0.723. The zero-order valence-electron chi connectivity index (χ0n) is 8.11. The molecule has 2 rings (SSSR count). The zero-order valence-corrected chi connectivity index (χ0v) is 8.11. The average molecular weight is 215 g/mol. The van der Waals surface area contributed by atoms with Crippen molar-refractivity contribution in [1.29, 1.82) is 5.26 Å². The highest BCUT2D eigenvalue weighted by molar-refractivity contribution is 5.74. The van der Waals surface area contributed by atoms with Gasteiger partial charge in [0.25, 0.3) is 0 Å². The normalized spacial score (nSPS) is 9.75. The largest absolute Gasteiger partial charge is 0.453 e. The van der Waals surface area contributed by atoms with Gasteiger partial charge < -0.3 is 4.42 Å². The Bertz CT molecular complexity index is 581. The highest BCUT2D eigenvalue weighted by Gasteiger charge is 2.12. The van der Waals surface area contributed by atoms with E-state index >= 15 is 0 Å². The first-order chi connectivity index (χ1) is 7.76. The van der Waals surface area contributed by atoms with E-state index in [4.69, 9.17) is 9.68 Å². The second-order valence-electron chi connectivity index (χ2n) is 3.09. The minimum Gasteiger partial charge on any atom is -0.453 e. The van der Waals surface area contributed by atoms with Gasteiger partial charge in [0.15, 0.2) is 12.0 Å². The van der Waals surface area contributed by atoms with Crippen molar-refractivity contribution in [3.8, 4) is 17.4 Å². The molecule has 16 heavy (non-hydrogen) atoms. The summed E-state index contributed by atoms with van der Waals surface area (Å²) < 4.78 is 18.4. The van der Waals surface area contributed by atoms with E-state index in [0.29, 0.717) is 17.6 Å². The van der Waals surface area contributed by atoms with Gasteiger partial charge in [0.2, 0.25) is 0 Å². The van der Waals surface area contributed by atoms with Gasteiger partial charge >= 0.3 is 0 Å². The van der Waals surface area contributed by atoms with E-state index in [9.17, 15) is 9.18 Å². The summed E-state index contributed by atoms with van der Waals surface area (Å²) in [7, 11) is 0. The van der Waals surface area contributed by atoms with Crippen LogP contribution in [0.3, 0.4) is 0 Å². The smallest absolute Gasteiger partial charge is 0.185 e. The first-order valence-electron chi connectivity index (χ1n) is 4.50. The van der Waals surface area contributed by atoms with Crippen LogP contribution >= 0.6 is 0 Å². The van der Waals surface area contributed by atoms with E-state index in [1.54, 1.807) is 12.1 Å². The number of furan rings is 1. The summed E-state index contributed by atoms with van der Waals surface area (Å²) in [4.78, 5) is 10.4. The van der Waals surface area contributed by atoms with Crippen molar-refractivity contribution in [3.63, 3.8) is 0 Å². The third kappa shape index (κ3) is 1.59. The first kappa shape index (κ1) is 10.1. The van der Waals surface area contributed by atoms with Gasteiger partial charge in [0, 0.05) is 5.56 Å². The third-order valence-electron chi connectivity index (χ3n) is 2.13. The molecule has 0 atom stereocenters. The predicted molar refractivity (Wildman–Crippen MR) is 54.2 cm³/mol. The summed E-state index contributed by atoms with van der Waals surface area (Å²) in [5, 5.41) is 8.82. The summed E-state index contributed by atoms with van der Waals surface area (Å²) >= 11 is 0. The number of rotatable bonds is 2. The maximum atomic E-state index is 13.3. The maximum absolute atomic E-state index is 13.3. The van der Waals surface area contributed by atoms with Gasteiger partial charge in [0.1, 0.15) is 17.6 Å². The average Bonchev–Trinajstić information content (AvgIpc) is 2.77. The molecule has 1 aromatic carbocycles. The summed E-state index contributed by atoms with van der Waals surface area (Å²) in [6.07, 6.45) is 0.550. The van der Waals surface area contributed by atoms with Crippen LogP contribution < -0.4 is 0 Å². The predicted octanol–water partition coefficient (Wildman–Crippen LogP) is 2.77. The molecule has 2 aromatic rings. The molecular weight excluding hydrogens is 209 g/mol. The highest BCUT2D eigenvalue weighted by Crippen LogP contribution is 2.26. The van der Waals surface area contributed by atoms with E-state index in [0.717, 1.165) is 0 Å². The molecule has 0 saturated heterocycles. The lowest BCUT2D eigenvalue weighted by Gasteiger charge is -2.00. The van der Waals surface area contributed by atoms with Gasteiger partial charge in [-0.1, -0.05) is 6.07 Å². The molecule has 0 bridgehead atoms. The van der Waals surface area contributed by atoms with Gasteiger partial charge in [-0.2, -0.15) is 5.26 Å². The van der Waals surface area contributed by atoms with Gasteiger partial charge in [-0.05, 0) is 24.3 Å². The number of nitriles is 1. The van der Waals surface area contributed by atoms with E-state index in [-0.39, 0.29) is 11.3 Å². The van der Waals surface area contributed by atoms with Crippen molar-refractivity contribution in [3.05, 3.63) is 47.5 Å². The molecular formula is C12H6FNO2. The lowest BCUT2D eigenvalue weighted by molar-refractivity contribution is 0.110. The molecule has 0 unspecified atom stereocenters. The minimum atomic E-state index is -0.607. The molecule has 0 spiro atoms. The van der Waals surface area contributed by atoms with Crippen LogP contribution in [0.2, 0.25) is 0 Å². The molecule has 1 aromatic heterocycles. The Hall–Kier alpha value is -2.41. The molecule has 4 heteroatoms. The van der Waals surface area contributed by atoms with E-state index < -0.39 is 5.82 Å². The van der Waals surface area contributed by atoms with Crippen LogP contribution in [-0.4, -0.2) is 6.29 Å². The number of aldehydes is 1. The molecule has 78 valence electrons. The Morgan fingerprint density at radius 3 is 2.75 bits per heavy atom. The lowest BCUT2D eigenvalue weighted by atomic mass is 10.1. The Morgan fingerprint density at radius 1 is 1.31 bits per heavy atom. The van der Waals surface area contributed by atoms with Crippen LogP contribution in [0.25, 0.3) is 11.3 Å². The van der Waals surface area contributed by atoms with Crippen LogP contribution in [-0.2, 0) is 0 Å². The van der Waals surface area contributed by atoms with Crippen molar-refractivity contribution < 1.29 is 13.6 Å². The highest BCUT2D eigenvalue weighted by atomic mass is 19.1. The fourth-order valence-electron chi connectivity index (χ4n) is 1.40. The first-order valence-corrected chi connectivity index (χ1v) is 4.50. The van der Waals surface area contributed by atoms with Crippen molar-refractivity contribution in [2.75, 3.05) is 0 Å². The second-order valence-corrected chi connectivity index (χ2v) is 3.09. The molecule has 0 fully saturated rings. The molecule has 0 aliphatic rings. The molecule has 3 nitrogen and oxygen atoms in total. The van der Waals surface area contributed by atoms with Crippen LogP contribution in [0.1, 0.15) is 16.1 Å². The summed E-state index contributed by atoms with van der Waals surface area (Å²) in [5.41, 5.74) is 0.255. The SMILES string of the molecule is N#Cc1c(F)cccc1-c1ccc(C=O)o1. The Labute approximate surface area is 90.7 Å². The fraction of sp³-hybridized carbons (Fsp3) is 0. The Kier molecular flexibility index (Phi) is 2.52. The van der Waals surface area contributed by atoms with Gasteiger partial charge in [-0.3, -0.25) is 4.79 Å². The van der Waals surface area contributed by atoms with Crippen LogP contribution in [0.15, 0.2) is 34.7 Å². The molecule has 0 saturated carbocycles. The van der Waals surface area contributed by atoms with E-state index in [2.05, 4.69) is 0 Å². The zero-order chi connectivity index (χ0) is 11.5. The van der Waals surface area contributed by atoms with Gasteiger partial charge in [0.05, 0.1) is 5.56 Å².